The molecule has 6 amide bonds. The van der Waals surface area contributed by atoms with Gasteiger partial charge in [0.15, 0.2) is 0 Å². The van der Waals surface area contributed by atoms with Crippen molar-refractivity contribution in [2.75, 3.05) is 4.90 Å². The van der Waals surface area contributed by atoms with Gasteiger partial charge in [-0.1, -0.05) is 6.07 Å². The largest absolute Gasteiger partial charge is 0.363 e. The summed E-state index contributed by atoms with van der Waals surface area (Å²) in [7, 11) is -5.01. The van der Waals surface area contributed by atoms with Crippen LogP contribution < -0.4 is 10.2 Å². The molecule has 3 aliphatic heterocycles. The summed E-state index contributed by atoms with van der Waals surface area (Å²) in [6.07, 6.45) is 5.98. The van der Waals surface area contributed by atoms with Gasteiger partial charge in [0.1, 0.15) is 17.6 Å². The SMILES string of the molecule is O=C(NC1CCC[C@H]2CC[C@@H](C(=O)N3C(=O)N(c4cccnc4)C(=O)C34CC4)N2C1=O)c1cc2cc([C@H](F)P(=O)(O)O)ccc2s1. The summed E-state index contributed by atoms with van der Waals surface area (Å²) >= 11 is 1.08. The van der Waals surface area contributed by atoms with Crippen LogP contribution in [0.25, 0.3) is 10.1 Å². The van der Waals surface area contributed by atoms with Gasteiger partial charge < -0.3 is 20.0 Å². The molecule has 1 aliphatic carbocycles. The first-order valence-electron chi connectivity index (χ1n) is 14.9. The lowest BCUT2D eigenvalue weighted by Gasteiger charge is -2.33. The molecule has 7 rings (SSSR count). The number of amides is 6. The van der Waals surface area contributed by atoms with Crippen LogP contribution in [0, 0.1) is 0 Å². The molecule has 4 aliphatic rings. The zero-order valence-corrected chi connectivity index (χ0v) is 26.0. The molecule has 1 aromatic carbocycles. The Hall–Kier alpha value is -4.04. The predicted molar refractivity (Wildman–Crippen MR) is 162 cm³/mol. The number of anilines is 1. The van der Waals surface area contributed by atoms with Crippen molar-refractivity contribution >= 4 is 64.4 Å². The molecule has 4 atom stereocenters. The fraction of sp³-hybridized carbons (Fsp3) is 0.400. The van der Waals surface area contributed by atoms with E-state index in [-0.39, 0.29) is 22.2 Å². The van der Waals surface area contributed by atoms with Gasteiger partial charge in [-0.25, -0.2) is 19.0 Å². The van der Waals surface area contributed by atoms with Gasteiger partial charge in [0.25, 0.3) is 17.7 Å². The van der Waals surface area contributed by atoms with Crippen LogP contribution in [0.15, 0.2) is 48.8 Å². The molecule has 3 N–H and O–H groups in total. The lowest BCUT2D eigenvalue weighted by Crippen LogP contribution is -2.57. The molecule has 0 bridgehead atoms. The van der Waals surface area contributed by atoms with E-state index in [0.29, 0.717) is 55.0 Å². The number of thiophene rings is 1. The highest BCUT2D eigenvalue weighted by Gasteiger charge is 2.68. The third-order valence-electron chi connectivity index (χ3n) is 9.27. The highest BCUT2D eigenvalue weighted by atomic mass is 32.1. The molecular formula is C30H29FN5O8PS. The Morgan fingerprint density at radius 3 is 2.57 bits per heavy atom. The average molecular weight is 670 g/mol. The van der Waals surface area contributed by atoms with Crippen LogP contribution in [0.2, 0.25) is 0 Å². The van der Waals surface area contributed by atoms with Crippen LogP contribution in [0.4, 0.5) is 14.9 Å². The van der Waals surface area contributed by atoms with E-state index in [1.54, 1.807) is 12.1 Å². The molecule has 2 aromatic heterocycles. The number of pyridine rings is 1. The number of nitrogens with one attached hydrogen (secondary N) is 1. The number of carbonyl (C=O) groups excluding carboxylic acids is 5. The average Bonchev–Trinajstić information content (AvgIpc) is 3.48. The molecule has 46 heavy (non-hydrogen) atoms. The standard InChI is InChI=1S/C30H29FN5O8PS/c31-24(45(42,43)44)16-6-9-22-17(13-16)14-23(46-22)25(37)33-20-5-1-3-18-7-8-21(34(18)26(20)38)27(39)36-29(41)35(19-4-2-12-32-15-19)28(40)30(36)10-11-30/h2,4,6,9,12-15,18,20-21,24H,1,3,5,7-8,10-11H2,(H,33,37)(H2,42,43,44)/t18-,20?,21-,24+/m0/s1. The third kappa shape index (κ3) is 4.93. The van der Waals surface area contributed by atoms with E-state index in [1.165, 1.54) is 41.6 Å². The number of fused-ring (bicyclic) bond motifs is 2. The number of imide groups is 2. The van der Waals surface area contributed by atoms with Gasteiger partial charge in [0, 0.05) is 16.9 Å². The summed E-state index contributed by atoms with van der Waals surface area (Å²) in [5.41, 5.74) is -1.21. The number of nitrogens with zero attached hydrogens (tertiary/aromatic N) is 4. The molecule has 1 spiro atoms. The van der Waals surface area contributed by atoms with Crippen molar-refractivity contribution in [3.05, 3.63) is 59.2 Å². The number of urea groups is 1. The summed E-state index contributed by atoms with van der Waals surface area (Å²) < 4.78 is 26.2. The zero-order valence-electron chi connectivity index (χ0n) is 24.2. The number of alkyl halides is 1. The molecule has 13 nitrogen and oxygen atoms in total. The first-order valence-corrected chi connectivity index (χ1v) is 17.4. The van der Waals surface area contributed by atoms with Crippen LogP contribution in [0.3, 0.4) is 0 Å². The molecule has 1 unspecified atom stereocenters. The molecule has 3 saturated heterocycles. The first-order chi connectivity index (χ1) is 21.9. The van der Waals surface area contributed by atoms with Crippen LogP contribution in [0.1, 0.15) is 66.1 Å². The summed E-state index contributed by atoms with van der Waals surface area (Å²) in [4.78, 5) is 94.5. The minimum Gasteiger partial charge on any atom is -0.340 e. The van der Waals surface area contributed by atoms with E-state index in [2.05, 4.69) is 10.3 Å². The molecule has 16 heteroatoms. The molecule has 4 fully saturated rings. The normalized spacial score (nSPS) is 24.8. The second-order valence-electron chi connectivity index (χ2n) is 12.1. The Morgan fingerprint density at radius 1 is 1.09 bits per heavy atom. The number of aromatic nitrogens is 1. The van der Waals surface area contributed by atoms with Crippen molar-refractivity contribution in [1.29, 1.82) is 0 Å². The van der Waals surface area contributed by atoms with Gasteiger partial charge in [0.05, 0.1) is 16.8 Å². The Balaban J connectivity index is 1.10. The second kappa shape index (κ2) is 11.0. The minimum atomic E-state index is -5.01. The molecular weight excluding hydrogens is 640 g/mol. The number of hydrogen-bond acceptors (Lipinski definition) is 8. The van der Waals surface area contributed by atoms with Gasteiger partial charge in [-0.05, 0) is 86.2 Å². The van der Waals surface area contributed by atoms with Crippen molar-refractivity contribution in [3.63, 3.8) is 0 Å². The van der Waals surface area contributed by atoms with E-state index < -0.39 is 60.8 Å². The van der Waals surface area contributed by atoms with Gasteiger partial charge in [0.2, 0.25) is 11.8 Å². The number of benzene rings is 1. The summed E-state index contributed by atoms with van der Waals surface area (Å²) in [5, 5.41) is 3.20. The van der Waals surface area contributed by atoms with Gasteiger partial charge in [-0.2, -0.15) is 0 Å². The minimum absolute atomic E-state index is 0.213. The lowest BCUT2D eigenvalue weighted by atomic mass is 10.1. The van der Waals surface area contributed by atoms with Crippen molar-refractivity contribution in [2.45, 2.75) is 74.5 Å². The van der Waals surface area contributed by atoms with Crippen molar-refractivity contribution in [2.24, 2.45) is 0 Å². The highest BCUT2D eigenvalue weighted by Crippen LogP contribution is 2.53. The van der Waals surface area contributed by atoms with Crippen molar-refractivity contribution in [1.82, 2.24) is 20.1 Å². The zero-order chi connectivity index (χ0) is 32.5. The second-order valence-corrected chi connectivity index (χ2v) is 14.8. The maximum Gasteiger partial charge on any atom is 0.363 e. The smallest absolute Gasteiger partial charge is 0.340 e. The van der Waals surface area contributed by atoms with Gasteiger partial charge in [-0.15, -0.1) is 11.3 Å². The molecule has 1 saturated carbocycles. The van der Waals surface area contributed by atoms with E-state index >= 15 is 0 Å². The van der Waals surface area contributed by atoms with Gasteiger partial charge >= 0.3 is 13.6 Å². The fourth-order valence-electron chi connectivity index (χ4n) is 6.88. The van der Waals surface area contributed by atoms with Crippen molar-refractivity contribution in [3.8, 4) is 0 Å². The maximum absolute atomic E-state index is 14.3. The monoisotopic (exact) mass is 669 g/mol. The summed E-state index contributed by atoms with van der Waals surface area (Å²) in [5.74, 6) is -4.59. The van der Waals surface area contributed by atoms with Gasteiger partial charge in [-0.3, -0.25) is 28.7 Å². The third-order valence-corrected chi connectivity index (χ3v) is 11.3. The first kappa shape index (κ1) is 30.6. The number of carbonyl (C=O) groups is 5. The molecule has 3 aromatic rings. The number of hydrogen-bond donors (Lipinski definition) is 3. The Bertz CT molecular complexity index is 1840. The van der Waals surface area contributed by atoms with E-state index in [4.69, 9.17) is 0 Å². The Kier molecular flexibility index (Phi) is 7.35. The van der Waals surface area contributed by atoms with Crippen molar-refractivity contribution < 1.29 is 42.7 Å². The fourth-order valence-corrected chi connectivity index (χ4v) is 8.38. The van der Waals surface area contributed by atoms with Crippen LogP contribution in [0.5, 0.6) is 0 Å². The van der Waals surface area contributed by atoms with Crippen LogP contribution in [-0.2, 0) is 18.9 Å². The van der Waals surface area contributed by atoms with E-state index in [0.717, 1.165) is 21.1 Å². The van der Waals surface area contributed by atoms with E-state index in [1.807, 2.05) is 0 Å². The molecule has 5 heterocycles. The predicted octanol–water partition coefficient (Wildman–Crippen LogP) is 3.61. The Labute approximate surface area is 265 Å². The lowest BCUT2D eigenvalue weighted by molar-refractivity contribution is -0.146. The summed E-state index contributed by atoms with van der Waals surface area (Å²) in [6.45, 7) is 0. The van der Waals surface area contributed by atoms with Crippen LogP contribution >= 0.6 is 18.9 Å². The highest BCUT2D eigenvalue weighted by molar-refractivity contribution is 7.51. The topological polar surface area (TPSA) is 178 Å². The number of rotatable bonds is 6. The number of halogens is 1. The van der Waals surface area contributed by atoms with Crippen LogP contribution in [-0.4, -0.2) is 77.9 Å². The maximum atomic E-state index is 14.3. The quantitative estimate of drug-likeness (QED) is 0.261. The van der Waals surface area contributed by atoms with E-state index in [9.17, 15) is 42.7 Å². The Morgan fingerprint density at radius 2 is 1.87 bits per heavy atom. The summed E-state index contributed by atoms with van der Waals surface area (Å²) in [6, 6.07) is 5.70. The molecule has 0 radical (unpaired) electrons. The molecule has 240 valence electrons.